The highest BCUT2D eigenvalue weighted by Gasteiger charge is 2.31. The molecule has 1 aromatic rings. The van der Waals surface area contributed by atoms with E-state index in [1.165, 1.54) is 0 Å². The summed E-state index contributed by atoms with van der Waals surface area (Å²) >= 11 is 0. The number of aryl methyl sites for hydroxylation is 1. The Bertz CT molecular complexity index is 493. The van der Waals surface area contributed by atoms with Crippen LogP contribution >= 0.6 is 0 Å². The van der Waals surface area contributed by atoms with Gasteiger partial charge in [-0.25, -0.2) is 0 Å². The minimum absolute atomic E-state index is 0.293. The van der Waals surface area contributed by atoms with Gasteiger partial charge in [0.15, 0.2) is 0 Å². The lowest BCUT2D eigenvalue weighted by Gasteiger charge is -2.20. The molecule has 1 N–H and O–H groups in total. The molecule has 20 heavy (non-hydrogen) atoms. The Morgan fingerprint density at radius 1 is 1.45 bits per heavy atom. The SMILES string of the molecule is COc1c(C)cnc(CC(C(=O)O)C2CCCC2)c1C. The number of aromatic nitrogens is 1. The second-order valence-electron chi connectivity index (χ2n) is 5.74. The Morgan fingerprint density at radius 2 is 2.10 bits per heavy atom. The van der Waals surface area contributed by atoms with Crippen molar-refractivity contribution in [2.45, 2.75) is 46.0 Å². The third-order valence-electron chi connectivity index (χ3n) is 4.45. The van der Waals surface area contributed by atoms with E-state index in [1.807, 2.05) is 13.8 Å². The van der Waals surface area contributed by atoms with Gasteiger partial charge < -0.3 is 9.84 Å². The first-order chi connectivity index (χ1) is 9.54. The van der Waals surface area contributed by atoms with Crippen molar-refractivity contribution in [3.8, 4) is 5.75 Å². The van der Waals surface area contributed by atoms with Gasteiger partial charge in [0.25, 0.3) is 0 Å². The Balaban J connectivity index is 2.24. The molecule has 0 bridgehead atoms. The molecule has 2 rings (SSSR count). The van der Waals surface area contributed by atoms with Crippen LogP contribution in [0.5, 0.6) is 5.75 Å². The summed E-state index contributed by atoms with van der Waals surface area (Å²) in [4.78, 5) is 16.0. The van der Waals surface area contributed by atoms with Crippen LogP contribution in [0.1, 0.15) is 42.5 Å². The van der Waals surface area contributed by atoms with Crippen molar-refractivity contribution in [1.82, 2.24) is 4.98 Å². The number of hydrogen-bond acceptors (Lipinski definition) is 3. The molecule has 1 saturated carbocycles. The van der Waals surface area contributed by atoms with Gasteiger partial charge in [0.05, 0.1) is 13.0 Å². The molecule has 0 saturated heterocycles. The molecule has 1 aliphatic rings. The van der Waals surface area contributed by atoms with Crippen LogP contribution in [-0.4, -0.2) is 23.2 Å². The van der Waals surface area contributed by atoms with E-state index in [0.29, 0.717) is 12.3 Å². The molecular formula is C16H23NO3. The molecule has 110 valence electrons. The number of hydrogen-bond donors (Lipinski definition) is 1. The van der Waals surface area contributed by atoms with Crippen LogP contribution < -0.4 is 4.74 Å². The second kappa shape index (κ2) is 6.25. The summed E-state index contributed by atoms with van der Waals surface area (Å²) in [6.07, 6.45) is 6.63. The van der Waals surface area contributed by atoms with Gasteiger partial charge in [0.2, 0.25) is 0 Å². The number of aliphatic carboxylic acids is 1. The van der Waals surface area contributed by atoms with E-state index in [2.05, 4.69) is 4.98 Å². The molecule has 1 atom stereocenters. The van der Waals surface area contributed by atoms with E-state index in [4.69, 9.17) is 4.74 Å². The fourth-order valence-electron chi connectivity index (χ4n) is 3.30. The number of carbonyl (C=O) groups is 1. The van der Waals surface area contributed by atoms with Crippen molar-refractivity contribution in [3.05, 3.63) is 23.0 Å². The maximum absolute atomic E-state index is 11.6. The zero-order valence-electron chi connectivity index (χ0n) is 12.5. The fourth-order valence-corrected chi connectivity index (χ4v) is 3.30. The van der Waals surface area contributed by atoms with Crippen LogP contribution in [-0.2, 0) is 11.2 Å². The molecule has 0 amide bonds. The quantitative estimate of drug-likeness (QED) is 0.898. The number of carboxylic acids is 1. The molecule has 0 spiro atoms. The second-order valence-corrected chi connectivity index (χ2v) is 5.74. The molecule has 0 radical (unpaired) electrons. The van der Waals surface area contributed by atoms with Gasteiger partial charge in [0, 0.05) is 29.4 Å². The average molecular weight is 277 g/mol. The van der Waals surface area contributed by atoms with Crippen molar-refractivity contribution in [2.24, 2.45) is 11.8 Å². The van der Waals surface area contributed by atoms with Crippen LogP contribution in [0.4, 0.5) is 0 Å². The number of carboxylic acid groups (broad SMARTS) is 1. The Kier molecular flexibility index (Phi) is 4.63. The highest BCUT2D eigenvalue weighted by molar-refractivity contribution is 5.71. The van der Waals surface area contributed by atoms with E-state index >= 15 is 0 Å². The molecule has 0 aromatic carbocycles. The summed E-state index contributed by atoms with van der Waals surface area (Å²) in [6.45, 7) is 3.91. The topological polar surface area (TPSA) is 59.4 Å². The smallest absolute Gasteiger partial charge is 0.307 e. The Labute approximate surface area is 120 Å². The molecule has 1 unspecified atom stereocenters. The van der Waals surface area contributed by atoms with E-state index in [9.17, 15) is 9.90 Å². The summed E-state index contributed by atoms with van der Waals surface area (Å²) in [5.41, 5.74) is 2.81. The number of nitrogens with zero attached hydrogens (tertiary/aromatic N) is 1. The predicted molar refractivity (Wildman–Crippen MR) is 77.1 cm³/mol. The molecule has 0 aliphatic heterocycles. The van der Waals surface area contributed by atoms with Gasteiger partial charge in [-0.15, -0.1) is 0 Å². The zero-order valence-corrected chi connectivity index (χ0v) is 12.5. The highest BCUT2D eigenvalue weighted by Crippen LogP contribution is 2.34. The molecule has 1 fully saturated rings. The van der Waals surface area contributed by atoms with Crippen molar-refractivity contribution >= 4 is 5.97 Å². The van der Waals surface area contributed by atoms with E-state index in [0.717, 1.165) is 48.3 Å². The standard InChI is InChI=1S/C16H23NO3/c1-10-9-17-14(11(2)15(10)20-3)8-13(16(18)19)12-6-4-5-7-12/h9,12-13H,4-8H2,1-3H3,(H,18,19). The lowest BCUT2D eigenvalue weighted by molar-refractivity contribution is -0.143. The maximum Gasteiger partial charge on any atom is 0.307 e. The van der Waals surface area contributed by atoms with Crippen LogP contribution in [0.3, 0.4) is 0 Å². The minimum atomic E-state index is -0.697. The number of ether oxygens (including phenoxy) is 1. The number of rotatable bonds is 5. The largest absolute Gasteiger partial charge is 0.496 e. The third kappa shape index (κ3) is 2.94. The minimum Gasteiger partial charge on any atom is -0.496 e. The highest BCUT2D eigenvalue weighted by atomic mass is 16.5. The van der Waals surface area contributed by atoms with Crippen molar-refractivity contribution in [3.63, 3.8) is 0 Å². The van der Waals surface area contributed by atoms with Crippen LogP contribution in [0.15, 0.2) is 6.20 Å². The molecule has 1 heterocycles. The summed E-state index contributed by atoms with van der Waals surface area (Å²) in [5, 5.41) is 9.51. The molecule has 1 aliphatic carbocycles. The zero-order chi connectivity index (χ0) is 14.7. The van der Waals surface area contributed by atoms with Gasteiger partial charge in [-0.3, -0.25) is 9.78 Å². The first-order valence-corrected chi connectivity index (χ1v) is 7.26. The Hall–Kier alpha value is -1.58. The van der Waals surface area contributed by atoms with Crippen LogP contribution in [0.2, 0.25) is 0 Å². The van der Waals surface area contributed by atoms with Gasteiger partial charge in [-0.05, 0) is 32.6 Å². The van der Waals surface area contributed by atoms with Crippen molar-refractivity contribution in [2.75, 3.05) is 7.11 Å². The lowest BCUT2D eigenvalue weighted by Crippen LogP contribution is -2.25. The first kappa shape index (κ1) is 14.8. The van der Waals surface area contributed by atoms with E-state index < -0.39 is 5.97 Å². The summed E-state index contributed by atoms with van der Waals surface area (Å²) in [5.74, 6) is 0.0975. The van der Waals surface area contributed by atoms with Crippen molar-refractivity contribution < 1.29 is 14.6 Å². The summed E-state index contributed by atoms with van der Waals surface area (Å²) in [7, 11) is 1.64. The van der Waals surface area contributed by atoms with Gasteiger partial charge in [0.1, 0.15) is 5.75 Å². The van der Waals surface area contributed by atoms with Crippen molar-refractivity contribution in [1.29, 1.82) is 0 Å². The fraction of sp³-hybridized carbons (Fsp3) is 0.625. The molecular weight excluding hydrogens is 254 g/mol. The van der Waals surface area contributed by atoms with E-state index in [-0.39, 0.29) is 5.92 Å². The van der Waals surface area contributed by atoms with Crippen LogP contribution in [0, 0.1) is 25.7 Å². The summed E-state index contributed by atoms with van der Waals surface area (Å²) < 4.78 is 5.40. The Morgan fingerprint density at radius 3 is 2.65 bits per heavy atom. The number of pyridine rings is 1. The normalized spacial score (nSPS) is 17.1. The molecule has 1 aromatic heterocycles. The van der Waals surface area contributed by atoms with E-state index in [1.54, 1.807) is 13.3 Å². The first-order valence-electron chi connectivity index (χ1n) is 7.26. The summed E-state index contributed by atoms with van der Waals surface area (Å²) in [6, 6.07) is 0. The van der Waals surface area contributed by atoms with Gasteiger partial charge >= 0.3 is 5.97 Å². The maximum atomic E-state index is 11.6. The molecule has 4 nitrogen and oxygen atoms in total. The van der Waals surface area contributed by atoms with Gasteiger partial charge in [-0.1, -0.05) is 12.8 Å². The average Bonchev–Trinajstić information content (AvgIpc) is 2.91. The third-order valence-corrected chi connectivity index (χ3v) is 4.45. The van der Waals surface area contributed by atoms with Crippen LogP contribution in [0.25, 0.3) is 0 Å². The predicted octanol–water partition coefficient (Wildman–Crippen LogP) is 3.14. The number of methoxy groups -OCH3 is 1. The monoisotopic (exact) mass is 277 g/mol. The van der Waals surface area contributed by atoms with Gasteiger partial charge in [-0.2, -0.15) is 0 Å². The molecule has 4 heteroatoms. The lowest BCUT2D eigenvalue weighted by atomic mass is 9.86.